The van der Waals surface area contributed by atoms with Crippen LogP contribution in [0.25, 0.3) is 5.76 Å². The topological polar surface area (TPSA) is 92.2 Å². The van der Waals surface area contributed by atoms with Crippen molar-refractivity contribution in [2.24, 2.45) is 0 Å². The SMILES string of the molecule is CCOc1ccc(C2/C(=C(\O)c3ccncc3)C(=O)C(=O)N2CCN(CC)CC)cc1OC. The molecule has 8 heteroatoms. The molecule has 2 aromatic rings. The lowest BCUT2D eigenvalue weighted by molar-refractivity contribution is -0.140. The predicted octanol–water partition coefficient (Wildman–Crippen LogP) is 3.25. The van der Waals surface area contributed by atoms with E-state index in [1.54, 1.807) is 30.3 Å². The molecule has 33 heavy (non-hydrogen) atoms. The number of aliphatic hydroxyl groups is 1. The molecule has 1 fully saturated rings. The molecule has 176 valence electrons. The van der Waals surface area contributed by atoms with Gasteiger partial charge in [0.25, 0.3) is 11.7 Å². The first-order valence-electron chi connectivity index (χ1n) is 11.2. The first-order chi connectivity index (χ1) is 16.0. The number of methoxy groups -OCH3 is 1. The minimum absolute atomic E-state index is 0.0527. The summed E-state index contributed by atoms with van der Waals surface area (Å²) >= 11 is 0. The van der Waals surface area contributed by atoms with E-state index in [4.69, 9.17) is 9.47 Å². The number of nitrogens with zero attached hydrogens (tertiary/aromatic N) is 3. The van der Waals surface area contributed by atoms with E-state index in [1.807, 2.05) is 6.92 Å². The molecule has 0 aliphatic carbocycles. The lowest BCUT2D eigenvalue weighted by Crippen LogP contribution is -2.38. The fourth-order valence-corrected chi connectivity index (χ4v) is 4.04. The molecule has 0 saturated carbocycles. The number of pyridine rings is 1. The number of amides is 1. The predicted molar refractivity (Wildman–Crippen MR) is 125 cm³/mol. The van der Waals surface area contributed by atoms with E-state index in [0.717, 1.165) is 13.1 Å². The summed E-state index contributed by atoms with van der Waals surface area (Å²) in [4.78, 5) is 33.9. The van der Waals surface area contributed by atoms with Crippen LogP contribution >= 0.6 is 0 Å². The Morgan fingerprint density at radius 1 is 1.09 bits per heavy atom. The molecule has 1 N–H and O–H groups in total. The van der Waals surface area contributed by atoms with Gasteiger partial charge in [-0.05, 0) is 49.8 Å². The van der Waals surface area contributed by atoms with Gasteiger partial charge in [-0.3, -0.25) is 14.6 Å². The van der Waals surface area contributed by atoms with Crippen LogP contribution in [0.15, 0.2) is 48.3 Å². The molecule has 1 aromatic heterocycles. The third-order valence-corrected chi connectivity index (χ3v) is 5.85. The van der Waals surface area contributed by atoms with Crippen LogP contribution in [-0.2, 0) is 9.59 Å². The number of hydrogen-bond donors (Lipinski definition) is 1. The molecule has 1 aromatic carbocycles. The van der Waals surface area contributed by atoms with Crippen molar-refractivity contribution < 1.29 is 24.2 Å². The Labute approximate surface area is 194 Å². The molecule has 1 amide bonds. The summed E-state index contributed by atoms with van der Waals surface area (Å²) in [7, 11) is 1.54. The molecule has 0 bridgehead atoms. The third-order valence-electron chi connectivity index (χ3n) is 5.85. The molecule has 1 aliphatic rings. The minimum Gasteiger partial charge on any atom is -0.507 e. The maximum atomic E-state index is 13.1. The molecule has 1 atom stereocenters. The second kappa shape index (κ2) is 11.0. The van der Waals surface area contributed by atoms with Gasteiger partial charge in [-0.2, -0.15) is 0 Å². The van der Waals surface area contributed by atoms with Gasteiger partial charge in [0.1, 0.15) is 5.76 Å². The average molecular weight is 454 g/mol. The van der Waals surface area contributed by atoms with Crippen molar-refractivity contribution in [3.05, 3.63) is 59.4 Å². The van der Waals surface area contributed by atoms with Gasteiger partial charge in [0.2, 0.25) is 0 Å². The van der Waals surface area contributed by atoms with Crippen LogP contribution in [0.5, 0.6) is 11.5 Å². The van der Waals surface area contributed by atoms with Gasteiger partial charge in [0.05, 0.1) is 25.3 Å². The van der Waals surface area contributed by atoms with E-state index in [0.29, 0.717) is 42.3 Å². The summed E-state index contributed by atoms with van der Waals surface area (Å²) in [6.45, 7) is 9.08. The maximum absolute atomic E-state index is 13.1. The van der Waals surface area contributed by atoms with Crippen molar-refractivity contribution in [2.75, 3.05) is 39.9 Å². The molecular weight excluding hydrogens is 422 g/mol. The van der Waals surface area contributed by atoms with Crippen molar-refractivity contribution in [3.63, 3.8) is 0 Å². The number of benzene rings is 1. The van der Waals surface area contributed by atoms with Gasteiger partial charge in [0, 0.05) is 31.0 Å². The number of likely N-dealkylation sites (N-methyl/N-ethyl adjacent to an activating group) is 1. The van der Waals surface area contributed by atoms with E-state index in [-0.39, 0.29) is 11.3 Å². The fraction of sp³-hybridized carbons (Fsp3) is 0.400. The Hall–Kier alpha value is -3.39. The van der Waals surface area contributed by atoms with Gasteiger partial charge in [-0.25, -0.2) is 0 Å². The molecule has 1 unspecified atom stereocenters. The summed E-state index contributed by atoms with van der Waals surface area (Å²) in [5.74, 6) is -0.498. The molecular formula is C25H31N3O5. The second-order valence-electron chi connectivity index (χ2n) is 7.60. The zero-order chi connectivity index (χ0) is 24.0. The van der Waals surface area contributed by atoms with E-state index in [9.17, 15) is 14.7 Å². The van der Waals surface area contributed by atoms with Crippen LogP contribution in [0.3, 0.4) is 0 Å². The number of carbonyl (C=O) groups is 2. The van der Waals surface area contributed by atoms with Crippen molar-refractivity contribution in [1.29, 1.82) is 0 Å². The summed E-state index contributed by atoms with van der Waals surface area (Å²) in [5, 5.41) is 11.1. The van der Waals surface area contributed by atoms with Crippen LogP contribution in [0.2, 0.25) is 0 Å². The third kappa shape index (κ3) is 5.01. The standard InChI is InChI=1S/C25H31N3O5/c1-5-27(6-2)14-15-28-22(18-8-9-19(33-7-3)20(16-18)32-4)21(24(30)25(28)31)23(29)17-10-12-26-13-11-17/h8-13,16,22,29H,5-7,14-15H2,1-4H3/b23-21+. The highest BCUT2D eigenvalue weighted by Gasteiger charge is 2.46. The molecule has 3 rings (SSSR count). The Kier molecular flexibility index (Phi) is 8.06. The van der Waals surface area contributed by atoms with E-state index < -0.39 is 17.7 Å². The lowest BCUT2D eigenvalue weighted by atomic mass is 9.95. The van der Waals surface area contributed by atoms with Crippen LogP contribution in [0.4, 0.5) is 0 Å². The van der Waals surface area contributed by atoms with Gasteiger partial charge >= 0.3 is 0 Å². The zero-order valence-electron chi connectivity index (χ0n) is 19.6. The number of ketones is 1. The number of aromatic nitrogens is 1. The van der Waals surface area contributed by atoms with Gasteiger partial charge in [-0.1, -0.05) is 19.9 Å². The molecule has 8 nitrogen and oxygen atoms in total. The van der Waals surface area contributed by atoms with Crippen LogP contribution < -0.4 is 9.47 Å². The van der Waals surface area contributed by atoms with Crippen molar-refractivity contribution in [1.82, 2.24) is 14.8 Å². The largest absolute Gasteiger partial charge is 0.507 e. The van der Waals surface area contributed by atoms with Gasteiger partial charge in [-0.15, -0.1) is 0 Å². The lowest BCUT2D eigenvalue weighted by Gasteiger charge is -2.28. The van der Waals surface area contributed by atoms with Gasteiger partial charge < -0.3 is 24.4 Å². The summed E-state index contributed by atoms with van der Waals surface area (Å²) < 4.78 is 11.1. The summed E-state index contributed by atoms with van der Waals surface area (Å²) in [5.41, 5.74) is 1.14. The minimum atomic E-state index is -0.752. The zero-order valence-corrected chi connectivity index (χ0v) is 19.6. The van der Waals surface area contributed by atoms with Gasteiger partial charge in [0.15, 0.2) is 11.5 Å². The van der Waals surface area contributed by atoms with Crippen molar-refractivity contribution >= 4 is 17.4 Å². The van der Waals surface area contributed by atoms with Crippen LogP contribution in [-0.4, -0.2) is 71.5 Å². The molecule has 0 radical (unpaired) electrons. The maximum Gasteiger partial charge on any atom is 0.295 e. The molecule has 1 saturated heterocycles. The molecule has 1 aliphatic heterocycles. The average Bonchev–Trinajstić information content (AvgIpc) is 3.10. The Balaban J connectivity index is 2.13. The van der Waals surface area contributed by atoms with E-state index in [1.165, 1.54) is 24.4 Å². The highest BCUT2D eigenvalue weighted by atomic mass is 16.5. The monoisotopic (exact) mass is 453 g/mol. The Bertz CT molecular complexity index is 1020. The Morgan fingerprint density at radius 2 is 1.79 bits per heavy atom. The number of Topliss-reactive ketones (excluding diaryl/α,β-unsaturated/α-hetero) is 1. The highest BCUT2D eigenvalue weighted by Crippen LogP contribution is 2.41. The van der Waals surface area contributed by atoms with E-state index >= 15 is 0 Å². The first-order valence-corrected chi connectivity index (χ1v) is 11.2. The summed E-state index contributed by atoms with van der Waals surface area (Å²) in [6, 6.07) is 7.77. The second-order valence-corrected chi connectivity index (χ2v) is 7.60. The number of hydrogen-bond acceptors (Lipinski definition) is 7. The number of aliphatic hydroxyl groups excluding tert-OH is 1. The van der Waals surface area contributed by atoms with Crippen LogP contribution in [0.1, 0.15) is 37.9 Å². The van der Waals surface area contributed by atoms with Crippen molar-refractivity contribution in [3.8, 4) is 11.5 Å². The first kappa shape index (κ1) is 24.3. The fourth-order valence-electron chi connectivity index (χ4n) is 4.04. The number of carbonyl (C=O) groups excluding carboxylic acids is 2. The Morgan fingerprint density at radius 3 is 2.39 bits per heavy atom. The van der Waals surface area contributed by atoms with Crippen LogP contribution in [0, 0.1) is 0 Å². The highest BCUT2D eigenvalue weighted by molar-refractivity contribution is 6.46. The molecule has 0 spiro atoms. The molecule has 2 heterocycles. The number of likely N-dealkylation sites (tertiary alicyclic amines) is 1. The number of rotatable bonds is 10. The number of ether oxygens (including phenoxy) is 2. The quantitative estimate of drug-likeness (QED) is 0.335. The van der Waals surface area contributed by atoms with Crippen molar-refractivity contribution in [2.45, 2.75) is 26.8 Å². The smallest absolute Gasteiger partial charge is 0.295 e. The van der Waals surface area contributed by atoms with E-state index in [2.05, 4.69) is 23.7 Å². The summed E-state index contributed by atoms with van der Waals surface area (Å²) in [6.07, 6.45) is 3.06. The normalized spacial score (nSPS) is 17.6.